The van der Waals surface area contributed by atoms with Crippen LogP contribution in [-0.2, 0) is 9.59 Å². The number of carboxylic acids is 1. The average molecular weight is 594 g/mol. The highest BCUT2D eigenvalue weighted by Gasteiger charge is 2.36. The zero-order valence-corrected chi connectivity index (χ0v) is 22.5. The largest absolute Gasteiger partial charge is 0.490 e. The number of hydrogen-bond acceptors (Lipinski definition) is 6. The van der Waals surface area contributed by atoms with Crippen LogP contribution in [0.15, 0.2) is 46.3 Å². The maximum atomic E-state index is 13.3. The van der Waals surface area contributed by atoms with Gasteiger partial charge in [-0.3, -0.25) is 9.69 Å². The van der Waals surface area contributed by atoms with Crippen LogP contribution in [0.2, 0.25) is 0 Å². The smallest absolute Gasteiger partial charge is 0.341 e. The van der Waals surface area contributed by atoms with Crippen molar-refractivity contribution in [3.8, 4) is 11.5 Å². The van der Waals surface area contributed by atoms with Gasteiger partial charge in [0.1, 0.15) is 0 Å². The fourth-order valence-corrected chi connectivity index (χ4v) is 5.10. The van der Waals surface area contributed by atoms with Crippen molar-refractivity contribution >= 4 is 63.2 Å². The minimum absolute atomic E-state index is 0.000940. The standard InChI is InChI=1S/C25H27IN2O5S/c1-5-16(4)28-24(31)21(34-25(28)27-18-9-7-15(3)8-10-18)13-17-11-19(26)23(33-14-22(29)30)20(12-17)32-6-2/h7-13,16H,5-6,14H2,1-4H3,(H,29,30)/b21-13+,27-25?/t16-/m0/s1. The number of aliphatic imine (C=N–C) groups is 1. The number of thioether (sulfide) groups is 1. The molecule has 1 atom stereocenters. The van der Waals surface area contributed by atoms with E-state index in [0.29, 0.717) is 31.7 Å². The minimum atomic E-state index is -1.07. The third kappa shape index (κ3) is 6.32. The summed E-state index contributed by atoms with van der Waals surface area (Å²) in [5.41, 5.74) is 2.70. The van der Waals surface area contributed by atoms with E-state index in [1.54, 1.807) is 11.0 Å². The van der Waals surface area contributed by atoms with Crippen molar-refractivity contribution in [1.82, 2.24) is 4.90 Å². The Hall–Kier alpha value is -2.53. The van der Waals surface area contributed by atoms with Crippen LogP contribution >= 0.6 is 34.4 Å². The van der Waals surface area contributed by atoms with Crippen molar-refractivity contribution < 1.29 is 24.2 Å². The van der Waals surface area contributed by atoms with Gasteiger partial charge in [0.15, 0.2) is 23.3 Å². The van der Waals surface area contributed by atoms with Gasteiger partial charge in [0.2, 0.25) is 0 Å². The molecule has 0 aliphatic carbocycles. The molecule has 1 N–H and O–H groups in total. The van der Waals surface area contributed by atoms with Crippen molar-refractivity contribution in [3.05, 3.63) is 56.0 Å². The molecule has 1 amide bonds. The highest BCUT2D eigenvalue weighted by atomic mass is 127. The lowest BCUT2D eigenvalue weighted by atomic mass is 10.1. The van der Waals surface area contributed by atoms with Gasteiger partial charge in [-0.1, -0.05) is 24.6 Å². The molecule has 34 heavy (non-hydrogen) atoms. The predicted molar refractivity (Wildman–Crippen MR) is 144 cm³/mol. The second-order valence-electron chi connectivity index (χ2n) is 7.72. The SMILES string of the molecule is CCOc1cc(/C=C2/SC(=Nc3ccc(C)cc3)N([C@@H](C)CC)C2=O)cc(I)c1OCC(=O)O. The first kappa shape index (κ1) is 26.1. The molecule has 180 valence electrons. The minimum Gasteiger partial charge on any atom is -0.490 e. The molecule has 1 aliphatic heterocycles. The lowest BCUT2D eigenvalue weighted by Gasteiger charge is -2.22. The maximum Gasteiger partial charge on any atom is 0.341 e. The number of aryl methyl sites for hydroxylation is 1. The highest BCUT2D eigenvalue weighted by molar-refractivity contribution is 14.1. The summed E-state index contributed by atoms with van der Waals surface area (Å²) in [6, 6.07) is 11.5. The number of carbonyl (C=O) groups is 2. The molecule has 0 saturated carbocycles. The molecular formula is C25H27IN2O5S. The van der Waals surface area contributed by atoms with Crippen molar-refractivity contribution in [1.29, 1.82) is 0 Å². The van der Waals surface area contributed by atoms with E-state index in [2.05, 4.69) is 22.6 Å². The number of benzene rings is 2. The van der Waals surface area contributed by atoms with E-state index in [0.717, 1.165) is 23.2 Å². The number of amidine groups is 1. The van der Waals surface area contributed by atoms with Gasteiger partial charge in [0.05, 0.1) is 20.8 Å². The van der Waals surface area contributed by atoms with Crippen LogP contribution in [-0.4, -0.2) is 46.3 Å². The number of carbonyl (C=O) groups excluding carboxylic acids is 1. The van der Waals surface area contributed by atoms with Gasteiger partial charge >= 0.3 is 5.97 Å². The maximum absolute atomic E-state index is 13.3. The lowest BCUT2D eigenvalue weighted by Crippen LogP contribution is -2.36. The first-order valence-electron chi connectivity index (χ1n) is 10.9. The quantitative estimate of drug-likeness (QED) is 0.289. The molecular weight excluding hydrogens is 567 g/mol. The second-order valence-corrected chi connectivity index (χ2v) is 9.89. The highest BCUT2D eigenvalue weighted by Crippen LogP contribution is 2.39. The summed E-state index contributed by atoms with van der Waals surface area (Å²) in [6.45, 7) is 7.84. The molecule has 7 nitrogen and oxygen atoms in total. The number of halogens is 1. The molecule has 2 aromatic rings. The molecule has 0 bridgehead atoms. The van der Waals surface area contributed by atoms with Crippen LogP contribution in [0.3, 0.4) is 0 Å². The van der Waals surface area contributed by atoms with E-state index in [1.165, 1.54) is 11.8 Å². The van der Waals surface area contributed by atoms with E-state index in [9.17, 15) is 9.59 Å². The van der Waals surface area contributed by atoms with Crippen LogP contribution in [0.5, 0.6) is 11.5 Å². The third-order valence-electron chi connectivity index (χ3n) is 5.10. The average Bonchev–Trinajstić information content (AvgIpc) is 3.08. The molecule has 0 aromatic heterocycles. The van der Waals surface area contributed by atoms with Crippen molar-refractivity contribution in [2.24, 2.45) is 4.99 Å². The van der Waals surface area contributed by atoms with Crippen LogP contribution in [0.4, 0.5) is 5.69 Å². The molecule has 2 aromatic carbocycles. The first-order chi connectivity index (χ1) is 16.2. The number of ether oxygens (including phenoxy) is 2. The number of hydrogen-bond donors (Lipinski definition) is 1. The van der Waals surface area contributed by atoms with Gasteiger partial charge in [0, 0.05) is 6.04 Å². The number of carboxylic acid groups (broad SMARTS) is 1. The molecule has 1 aliphatic rings. The van der Waals surface area contributed by atoms with Crippen LogP contribution in [0, 0.1) is 10.5 Å². The molecule has 1 fully saturated rings. The van der Waals surface area contributed by atoms with Gasteiger partial charge in [-0.2, -0.15) is 0 Å². The zero-order chi connectivity index (χ0) is 24.8. The van der Waals surface area contributed by atoms with E-state index >= 15 is 0 Å². The zero-order valence-electron chi connectivity index (χ0n) is 19.5. The topological polar surface area (TPSA) is 88.4 Å². The number of amides is 1. The summed E-state index contributed by atoms with van der Waals surface area (Å²) in [4.78, 5) is 31.3. The molecule has 9 heteroatoms. The van der Waals surface area contributed by atoms with Crippen molar-refractivity contribution in [3.63, 3.8) is 0 Å². The summed E-state index contributed by atoms with van der Waals surface area (Å²) < 4.78 is 11.8. The van der Waals surface area contributed by atoms with E-state index < -0.39 is 12.6 Å². The Morgan fingerprint density at radius 1 is 1.24 bits per heavy atom. The molecule has 1 saturated heterocycles. The monoisotopic (exact) mass is 594 g/mol. The van der Waals surface area contributed by atoms with Crippen molar-refractivity contribution in [2.45, 2.75) is 40.2 Å². The summed E-state index contributed by atoms with van der Waals surface area (Å²) in [7, 11) is 0. The molecule has 0 spiro atoms. The number of nitrogens with zero attached hydrogens (tertiary/aromatic N) is 2. The summed E-state index contributed by atoms with van der Waals surface area (Å²) in [5.74, 6) is -0.349. The fourth-order valence-electron chi connectivity index (χ4n) is 3.23. The van der Waals surface area contributed by atoms with Gasteiger partial charge in [0.25, 0.3) is 5.91 Å². The van der Waals surface area contributed by atoms with Crippen molar-refractivity contribution in [2.75, 3.05) is 13.2 Å². The van der Waals surface area contributed by atoms with Gasteiger partial charge in [-0.25, -0.2) is 9.79 Å². The molecule has 0 unspecified atom stereocenters. The Balaban J connectivity index is 1.98. The van der Waals surface area contributed by atoms with E-state index in [-0.39, 0.29) is 11.9 Å². The Labute approximate surface area is 217 Å². The van der Waals surface area contributed by atoms with E-state index in [1.807, 2.05) is 64.1 Å². The first-order valence-corrected chi connectivity index (χ1v) is 12.8. The third-order valence-corrected chi connectivity index (χ3v) is 6.88. The summed E-state index contributed by atoms with van der Waals surface area (Å²) in [6.07, 6.45) is 2.61. The number of aliphatic carboxylic acids is 1. The number of rotatable bonds is 9. The Kier molecular flexibility index (Phi) is 9.01. The Bertz CT molecular complexity index is 1130. The van der Waals surface area contributed by atoms with Crippen LogP contribution < -0.4 is 9.47 Å². The molecule has 0 radical (unpaired) electrons. The van der Waals surface area contributed by atoms with Gasteiger partial charge in [-0.05, 0) is 97.4 Å². The Morgan fingerprint density at radius 2 is 1.94 bits per heavy atom. The molecule has 3 rings (SSSR count). The summed E-state index contributed by atoms with van der Waals surface area (Å²) >= 11 is 3.42. The van der Waals surface area contributed by atoms with Gasteiger partial charge < -0.3 is 14.6 Å². The normalized spacial score (nSPS) is 16.9. The van der Waals surface area contributed by atoms with Crippen LogP contribution in [0.25, 0.3) is 6.08 Å². The fraction of sp³-hybridized carbons (Fsp3) is 0.320. The second kappa shape index (κ2) is 11.7. The van der Waals surface area contributed by atoms with E-state index in [4.69, 9.17) is 19.6 Å². The van der Waals surface area contributed by atoms with Crippen LogP contribution in [0.1, 0.15) is 38.3 Å². The Morgan fingerprint density at radius 3 is 2.56 bits per heavy atom. The summed E-state index contributed by atoms with van der Waals surface area (Å²) in [5, 5.41) is 9.61. The van der Waals surface area contributed by atoms with Gasteiger partial charge in [-0.15, -0.1) is 0 Å². The molecule has 1 heterocycles. The predicted octanol–water partition coefficient (Wildman–Crippen LogP) is 5.86. The lowest BCUT2D eigenvalue weighted by molar-refractivity contribution is -0.139.